The Morgan fingerprint density at radius 3 is 2.42 bits per heavy atom. The summed E-state index contributed by atoms with van der Waals surface area (Å²) in [5, 5.41) is 6.16. The molecule has 3 rings (SSSR count). The molecule has 6 heteroatoms. The monoisotopic (exact) mass is 422 g/mol. The van der Waals surface area contributed by atoms with E-state index in [1.54, 1.807) is 7.05 Å². The van der Waals surface area contributed by atoms with Gasteiger partial charge in [0.05, 0.1) is 6.54 Å². The van der Waals surface area contributed by atoms with Crippen LogP contribution in [0.3, 0.4) is 0 Å². The topological polar surface area (TPSA) is 66.0 Å². The second kappa shape index (κ2) is 12.0. The van der Waals surface area contributed by atoms with Gasteiger partial charge in [0, 0.05) is 33.1 Å². The number of hydrogen-bond donors (Lipinski definition) is 2. The number of nitrogens with zero attached hydrogens (tertiary/aromatic N) is 2. The normalized spacial score (nSPS) is 14.9. The van der Waals surface area contributed by atoms with Gasteiger partial charge in [-0.05, 0) is 48.9 Å². The first kappa shape index (κ1) is 22.7. The molecule has 1 aliphatic heterocycles. The van der Waals surface area contributed by atoms with Crippen LogP contribution in [-0.2, 0) is 17.9 Å². The van der Waals surface area contributed by atoms with E-state index in [4.69, 9.17) is 9.73 Å². The fourth-order valence-electron chi connectivity index (χ4n) is 3.83. The van der Waals surface area contributed by atoms with Crippen molar-refractivity contribution in [2.24, 2.45) is 10.9 Å². The Morgan fingerprint density at radius 2 is 1.74 bits per heavy atom. The molecule has 31 heavy (non-hydrogen) atoms. The van der Waals surface area contributed by atoms with Gasteiger partial charge in [-0.15, -0.1) is 0 Å². The van der Waals surface area contributed by atoms with Crippen LogP contribution in [0.15, 0.2) is 59.6 Å². The smallest absolute Gasteiger partial charge is 0.220 e. The molecule has 2 aromatic carbocycles. The summed E-state index contributed by atoms with van der Waals surface area (Å²) < 4.78 is 5.95. The van der Waals surface area contributed by atoms with Crippen molar-refractivity contribution < 1.29 is 9.53 Å². The highest BCUT2D eigenvalue weighted by Gasteiger charge is 2.23. The Morgan fingerprint density at radius 1 is 1.06 bits per heavy atom. The van der Waals surface area contributed by atoms with Crippen LogP contribution < -0.4 is 15.4 Å². The number of aliphatic imine (C=N–C) groups is 1. The van der Waals surface area contributed by atoms with Crippen molar-refractivity contribution in [2.75, 3.05) is 26.7 Å². The molecule has 0 aliphatic carbocycles. The lowest BCUT2D eigenvalue weighted by atomic mass is 9.93. The van der Waals surface area contributed by atoms with Gasteiger partial charge in [0.15, 0.2) is 5.96 Å². The van der Waals surface area contributed by atoms with E-state index in [0.29, 0.717) is 25.5 Å². The Balaban J connectivity index is 1.61. The highest BCUT2D eigenvalue weighted by atomic mass is 16.5. The fourth-order valence-corrected chi connectivity index (χ4v) is 3.83. The van der Waals surface area contributed by atoms with E-state index in [9.17, 15) is 4.79 Å². The quantitative estimate of drug-likeness (QED) is 0.504. The Kier molecular flexibility index (Phi) is 8.76. The zero-order valence-electron chi connectivity index (χ0n) is 18.6. The van der Waals surface area contributed by atoms with E-state index >= 15 is 0 Å². The summed E-state index contributed by atoms with van der Waals surface area (Å²) in [7, 11) is 1.70. The van der Waals surface area contributed by atoms with Crippen LogP contribution in [0, 0.1) is 5.92 Å². The van der Waals surface area contributed by atoms with E-state index in [0.717, 1.165) is 49.7 Å². The number of para-hydroxylation sites is 1. The molecular formula is C25H34N4O2. The van der Waals surface area contributed by atoms with Crippen molar-refractivity contribution >= 4 is 11.9 Å². The van der Waals surface area contributed by atoms with Gasteiger partial charge in [-0.1, -0.05) is 42.5 Å². The molecule has 1 aliphatic rings. The molecule has 1 heterocycles. The lowest BCUT2D eigenvalue weighted by molar-refractivity contribution is -0.121. The maximum atomic E-state index is 11.7. The molecule has 2 aromatic rings. The molecule has 1 fully saturated rings. The number of carbonyl (C=O) groups excluding carboxylic acids is 1. The Hall–Kier alpha value is -3.02. The van der Waals surface area contributed by atoms with Gasteiger partial charge in [-0.25, -0.2) is 4.99 Å². The number of carbonyl (C=O) groups is 1. The number of benzene rings is 2. The summed E-state index contributed by atoms with van der Waals surface area (Å²) in [5.74, 6) is 2.40. The summed E-state index contributed by atoms with van der Waals surface area (Å²) in [5.41, 5.74) is 2.32. The summed E-state index contributed by atoms with van der Waals surface area (Å²) >= 11 is 0. The number of nitrogens with one attached hydrogen (secondary N) is 2. The van der Waals surface area contributed by atoms with Crippen LogP contribution in [0.2, 0.25) is 0 Å². The first-order chi connectivity index (χ1) is 15.2. The average molecular weight is 423 g/mol. The maximum Gasteiger partial charge on any atom is 0.220 e. The van der Waals surface area contributed by atoms with Gasteiger partial charge in [-0.3, -0.25) is 4.79 Å². The van der Waals surface area contributed by atoms with Crippen molar-refractivity contribution in [3.05, 3.63) is 65.7 Å². The first-order valence-corrected chi connectivity index (χ1v) is 11.2. The van der Waals surface area contributed by atoms with Gasteiger partial charge in [0.1, 0.15) is 12.4 Å². The van der Waals surface area contributed by atoms with E-state index in [2.05, 4.69) is 34.6 Å². The molecule has 1 amide bonds. The standard InChI is InChI=1S/C25H34N4O2/c1-3-27-25(29-15-13-20(14-16-29)17-24(30)26-2)28-18-21-9-7-8-10-22(21)19-31-23-11-5-4-6-12-23/h4-12,20H,3,13-19H2,1-2H3,(H,26,30)(H,27,28). The van der Waals surface area contributed by atoms with Gasteiger partial charge >= 0.3 is 0 Å². The summed E-state index contributed by atoms with van der Waals surface area (Å²) in [6.07, 6.45) is 2.64. The molecule has 166 valence electrons. The van der Waals surface area contributed by atoms with E-state index < -0.39 is 0 Å². The zero-order chi connectivity index (χ0) is 21.9. The number of guanidine groups is 1. The molecule has 0 aromatic heterocycles. The van der Waals surface area contributed by atoms with Crippen molar-refractivity contribution in [3.8, 4) is 5.75 Å². The number of likely N-dealkylation sites (tertiary alicyclic amines) is 1. The van der Waals surface area contributed by atoms with Gasteiger partial charge in [0.25, 0.3) is 0 Å². The molecule has 0 saturated carbocycles. The Labute approximate surface area is 185 Å². The minimum Gasteiger partial charge on any atom is -0.489 e. The van der Waals surface area contributed by atoms with Gasteiger partial charge < -0.3 is 20.3 Å². The number of rotatable bonds is 8. The lowest BCUT2D eigenvalue weighted by Crippen LogP contribution is -2.46. The summed E-state index contributed by atoms with van der Waals surface area (Å²) in [4.78, 5) is 18.9. The minimum atomic E-state index is 0.133. The first-order valence-electron chi connectivity index (χ1n) is 11.2. The van der Waals surface area contributed by atoms with Crippen molar-refractivity contribution in [1.82, 2.24) is 15.5 Å². The van der Waals surface area contributed by atoms with Crippen molar-refractivity contribution in [1.29, 1.82) is 0 Å². The largest absolute Gasteiger partial charge is 0.489 e. The summed E-state index contributed by atoms with van der Waals surface area (Å²) in [6.45, 7) is 5.90. The average Bonchev–Trinajstić information content (AvgIpc) is 2.82. The van der Waals surface area contributed by atoms with Gasteiger partial charge in [0.2, 0.25) is 5.91 Å². The second-order valence-corrected chi connectivity index (χ2v) is 7.85. The third-order valence-electron chi connectivity index (χ3n) is 5.66. The molecule has 0 atom stereocenters. The molecule has 0 radical (unpaired) electrons. The van der Waals surface area contributed by atoms with Crippen molar-refractivity contribution in [2.45, 2.75) is 39.3 Å². The van der Waals surface area contributed by atoms with E-state index in [-0.39, 0.29) is 5.91 Å². The molecule has 0 spiro atoms. The number of ether oxygens (including phenoxy) is 1. The molecule has 0 unspecified atom stereocenters. The van der Waals surface area contributed by atoms with E-state index in [1.807, 2.05) is 42.5 Å². The van der Waals surface area contributed by atoms with E-state index in [1.165, 1.54) is 5.56 Å². The molecule has 1 saturated heterocycles. The predicted octanol–water partition coefficient (Wildman–Crippen LogP) is 3.58. The lowest BCUT2D eigenvalue weighted by Gasteiger charge is -2.34. The second-order valence-electron chi connectivity index (χ2n) is 7.85. The van der Waals surface area contributed by atoms with Crippen LogP contribution in [0.1, 0.15) is 37.3 Å². The number of hydrogen-bond acceptors (Lipinski definition) is 3. The van der Waals surface area contributed by atoms with Crippen LogP contribution in [0.5, 0.6) is 5.75 Å². The highest BCUT2D eigenvalue weighted by Crippen LogP contribution is 2.21. The molecule has 0 bridgehead atoms. The predicted molar refractivity (Wildman–Crippen MR) is 125 cm³/mol. The third kappa shape index (κ3) is 7.02. The molecular weight excluding hydrogens is 388 g/mol. The highest BCUT2D eigenvalue weighted by molar-refractivity contribution is 5.80. The molecule has 2 N–H and O–H groups in total. The zero-order valence-corrected chi connectivity index (χ0v) is 18.6. The molecule has 6 nitrogen and oxygen atoms in total. The fraction of sp³-hybridized carbons (Fsp3) is 0.440. The van der Waals surface area contributed by atoms with Crippen molar-refractivity contribution in [3.63, 3.8) is 0 Å². The van der Waals surface area contributed by atoms with Crippen LogP contribution in [0.25, 0.3) is 0 Å². The van der Waals surface area contributed by atoms with Crippen LogP contribution in [0.4, 0.5) is 0 Å². The minimum absolute atomic E-state index is 0.133. The number of piperidine rings is 1. The maximum absolute atomic E-state index is 11.7. The van der Waals surface area contributed by atoms with Gasteiger partial charge in [-0.2, -0.15) is 0 Å². The van der Waals surface area contributed by atoms with Crippen LogP contribution in [-0.4, -0.2) is 43.4 Å². The van der Waals surface area contributed by atoms with Crippen LogP contribution >= 0.6 is 0 Å². The third-order valence-corrected chi connectivity index (χ3v) is 5.66. The number of amides is 1. The SMILES string of the molecule is CCNC(=NCc1ccccc1COc1ccccc1)N1CCC(CC(=O)NC)CC1. The summed E-state index contributed by atoms with van der Waals surface area (Å²) in [6, 6.07) is 18.2. The Bertz CT molecular complexity index is 846.